The van der Waals surface area contributed by atoms with Gasteiger partial charge in [-0.25, -0.2) is 19.0 Å². The minimum Gasteiger partial charge on any atom is -0.481 e. The van der Waals surface area contributed by atoms with Crippen molar-refractivity contribution in [2.45, 2.75) is 32.8 Å². The van der Waals surface area contributed by atoms with Gasteiger partial charge in [0.1, 0.15) is 18.1 Å². The van der Waals surface area contributed by atoms with Crippen molar-refractivity contribution in [3.8, 4) is 17.3 Å². The van der Waals surface area contributed by atoms with Crippen LogP contribution in [0.4, 0.5) is 13.2 Å². The normalized spacial score (nSPS) is 12.3. The first kappa shape index (κ1) is 22.8. The van der Waals surface area contributed by atoms with Crippen molar-refractivity contribution in [1.82, 2.24) is 24.6 Å². The van der Waals surface area contributed by atoms with Crippen molar-refractivity contribution in [2.75, 3.05) is 7.11 Å². The van der Waals surface area contributed by atoms with Crippen LogP contribution < -0.4 is 20.5 Å². The monoisotopic (exact) mass is 451 g/mol. The van der Waals surface area contributed by atoms with Gasteiger partial charge in [0.25, 0.3) is 0 Å². The average Bonchev–Trinajstić information content (AvgIpc) is 3.00. The molecule has 2 aromatic heterocycles. The third-order valence-electron chi connectivity index (χ3n) is 4.47. The van der Waals surface area contributed by atoms with Crippen LogP contribution in [0, 0.1) is 6.92 Å². The molecule has 1 aromatic carbocycles. The van der Waals surface area contributed by atoms with Crippen molar-refractivity contribution in [1.29, 1.82) is 0 Å². The highest BCUT2D eigenvalue weighted by atomic mass is 19.4. The number of carbonyl (C=O) groups excluding carboxylic acids is 1. The van der Waals surface area contributed by atoms with E-state index in [1.54, 1.807) is 26.0 Å². The summed E-state index contributed by atoms with van der Waals surface area (Å²) in [4.78, 5) is 29.2. The Labute approximate surface area is 180 Å². The van der Waals surface area contributed by atoms with Gasteiger partial charge in [-0.2, -0.15) is 5.10 Å². The fourth-order valence-corrected chi connectivity index (χ4v) is 3.01. The first-order valence-electron chi connectivity index (χ1n) is 9.39. The number of carbonyl (C=O) groups is 1. The lowest BCUT2D eigenvalue weighted by Gasteiger charge is -2.15. The number of rotatable bonds is 7. The van der Waals surface area contributed by atoms with E-state index in [9.17, 15) is 22.8 Å². The Morgan fingerprint density at radius 2 is 1.88 bits per heavy atom. The molecule has 3 rings (SSSR count). The van der Waals surface area contributed by atoms with Gasteiger partial charge in [0.05, 0.1) is 25.0 Å². The summed E-state index contributed by atoms with van der Waals surface area (Å²) in [5.74, 6) is -0.102. The Bertz CT molecular complexity index is 1140. The van der Waals surface area contributed by atoms with Gasteiger partial charge in [0, 0.05) is 6.07 Å². The Morgan fingerprint density at radius 1 is 1.19 bits per heavy atom. The van der Waals surface area contributed by atoms with Gasteiger partial charge in [-0.3, -0.25) is 4.79 Å². The minimum atomic E-state index is -4.78. The summed E-state index contributed by atoms with van der Waals surface area (Å²) in [6, 6.07) is 7.85. The molecule has 0 saturated heterocycles. The van der Waals surface area contributed by atoms with Crippen LogP contribution in [0.5, 0.6) is 11.6 Å². The minimum absolute atomic E-state index is 0.337. The van der Waals surface area contributed by atoms with Crippen LogP contribution in [-0.2, 0) is 11.3 Å². The number of pyridine rings is 1. The van der Waals surface area contributed by atoms with Crippen LogP contribution in [0.1, 0.15) is 24.4 Å². The zero-order chi connectivity index (χ0) is 23.5. The van der Waals surface area contributed by atoms with Crippen LogP contribution in [0.2, 0.25) is 0 Å². The second-order valence-corrected chi connectivity index (χ2v) is 6.79. The van der Waals surface area contributed by atoms with Crippen LogP contribution in [0.15, 0.2) is 47.4 Å². The second-order valence-electron chi connectivity index (χ2n) is 6.79. The predicted molar refractivity (Wildman–Crippen MR) is 107 cm³/mol. The third kappa shape index (κ3) is 5.45. The molecule has 1 amide bonds. The maximum atomic E-state index is 12.7. The number of hydrogen-bond donors (Lipinski definition) is 1. The van der Waals surface area contributed by atoms with Crippen molar-refractivity contribution >= 4 is 5.91 Å². The summed E-state index contributed by atoms with van der Waals surface area (Å²) in [5.41, 5.74) is 0.506. The molecule has 0 bridgehead atoms. The molecular weight excluding hydrogens is 431 g/mol. The smallest absolute Gasteiger partial charge is 0.481 e. The fourth-order valence-electron chi connectivity index (χ4n) is 3.01. The summed E-state index contributed by atoms with van der Waals surface area (Å²) >= 11 is 0. The first-order valence-corrected chi connectivity index (χ1v) is 9.39. The van der Waals surface area contributed by atoms with E-state index >= 15 is 0 Å². The van der Waals surface area contributed by atoms with Crippen LogP contribution >= 0.6 is 0 Å². The average molecular weight is 451 g/mol. The van der Waals surface area contributed by atoms with E-state index in [1.807, 2.05) is 0 Å². The second kappa shape index (κ2) is 9.12. The topological polar surface area (TPSA) is 100 Å². The maximum absolute atomic E-state index is 12.7. The summed E-state index contributed by atoms with van der Waals surface area (Å²) in [5, 5.41) is 6.80. The molecule has 0 unspecified atom stereocenters. The number of ether oxygens (including phenoxy) is 2. The Balaban J connectivity index is 1.67. The van der Waals surface area contributed by atoms with Crippen molar-refractivity contribution in [2.24, 2.45) is 0 Å². The molecule has 0 radical (unpaired) electrons. The lowest BCUT2D eigenvalue weighted by Crippen LogP contribution is -2.34. The Morgan fingerprint density at radius 3 is 2.44 bits per heavy atom. The molecule has 12 heteroatoms. The van der Waals surface area contributed by atoms with E-state index in [2.05, 4.69) is 20.1 Å². The highest BCUT2D eigenvalue weighted by Gasteiger charge is 2.31. The highest BCUT2D eigenvalue weighted by molar-refractivity contribution is 5.76. The van der Waals surface area contributed by atoms with Crippen molar-refractivity contribution in [3.05, 3.63) is 64.5 Å². The van der Waals surface area contributed by atoms with Gasteiger partial charge in [0.15, 0.2) is 0 Å². The Hall–Kier alpha value is -3.83. The molecule has 2 heterocycles. The molecule has 0 aliphatic heterocycles. The number of methoxy groups -OCH3 is 1. The molecule has 0 aliphatic rings. The number of alkyl halides is 3. The van der Waals surface area contributed by atoms with E-state index in [4.69, 9.17) is 4.74 Å². The number of halogens is 3. The molecule has 32 heavy (non-hydrogen) atoms. The Kier molecular flexibility index (Phi) is 6.51. The first-order chi connectivity index (χ1) is 15.1. The molecular formula is C20H20F3N5O4. The molecule has 0 spiro atoms. The van der Waals surface area contributed by atoms with Crippen molar-refractivity contribution < 1.29 is 27.4 Å². The zero-order valence-corrected chi connectivity index (χ0v) is 17.4. The van der Waals surface area contributed by atoms with E-state index in [-0.39, 0.29) is 12.3 Å². The number of benzene rings is 1. The number of nitrogens with one attached hydrogen (secondary N) is 1. The van der Waals surface area contributed by atoms with E-state index in [0.29, 0.717) is 23.0 Å². The van der Waals surface area contributed by atoms with Crippen LogP contribution in [-0.4, -0.2) is 38.7 Å². The standard InChI is InChI=1S/C20H20F3N5O4/c1-12(14-4-7-16(8-5-14)32-20(21,22)23)25-17(29)11-27-19(30)28(13(2)26-27)15-6-9-18(31-3)24-10-15/h4-10,12H,11H2,1-3H3,(H,25,29)/t12-/m0/s1. The number of hydrogen-bond acceptors (Lipinski definition) is 6. The van der Waals surface area contributed by atoms with E-state index in [0.717, 1.165) is 16.8 Å². The van der Waals surface area contributed by atoms with Gasteiger partial charge in [-0.15, -0.1) is 13.2 Å². The molecule has 170 valence electrons. The lowest BCUT2D eigenvalue weighted by molar-refractivity contribution is -0.274. The largest absolute Gasteiger partial charge is 0.573 e. The number of aromatic nitrogens is 4. The van der Waals surface area contributed by atoms with E-state index in [1.165, 1.54) is 30.0 Å². The number of aryl methyl sites for hydroxylation is 1. The van der Waals surface area contributed by atoms with E-state index < -0.39 is 24.0 Å². The summed E-state index contributed by atoms with van der Waals surface area (Å²) in [6.45, 7) is 2.94. The van der Waals surface area contributed by atoms with Crippen LogP contribution in [0.3, 0.4) is 0 Å². The number of nitrogens with zero attached hydrogens (tertiary/aromatic N) is 4. The summed E-state index contributed by atoms with van der Waals surface area (Å²) < 4.78 is 47.9. The molecule has 9 nitrogen and oxygen atoms in total. The molecule has 3 aromatic rings. The van der Waals surface area contributed by atoms with Gasteiger partial charge < -0.3 is 14.8 Å². The predicted octanol–water partition coefficient (Wildman–Crippen LogP) is 2.52. The van der Waals surface area contributed by atoms with Crippen LogP contribution in [0.25, 0.3) is 5.69 Å². The van der Waals surface area contributed by atoms with Gasteiger partial charge in [0.2, 0.25) is 11.8 Å². The fraction of sp³-hybridized carbons (Fsp3) is 0.300. The number of amides is 1. The van der Waals surface area contributed by atoms with Gasteiger partial charge >= 0.3 is 12.1 Å². The lowest BCUT2D eigenvalue weighted by atomic mass is 10.1. The van der Waals surface area contributed by atoms with Crippen molar-refractivity contribution in [3.63, 3.8) is 0 Å². The zero-order valence-electron chi connectivity index (χ0n) is 17.4. The molecule has 0 aliphatic carbocycles. The maximum Gasteiger partial charge on any atom is 0.573 e. The summed E-state index contributed by atoms with van der Waals surface area (Å²) in [7, 11) is 1.47. The van der Waals surface area contributed by atoms with Gasteiger partial charge in [-0.05, 0) is 37.6 Å². The highest BCUT2D eigenvalue weighted by Crippen LogP contribution is 2.24. The molecule has 0 fully saturated rings. The molecule has 1 N–H and O–H groups in total. The summed E-state index contributed by atoms with van der Waals surface area (Å²) in [6.07, 6.45) is -3.33. The molecule has 0 saturated carbocycles. The SMILES string of the molecule is COc1ccc(-n2c(C)nn(CC(=O)N[C@@H](C)c3ccc(OC(F)(F)F)cc3)c2=O)cn1. The van der Waals surface area contributed by atoms with Gasteiger partial charge in [-0.1, -0.05) is 12.1 Å². The molecule has 1 atom stereocenters. The third-order valence-corrected chi connectivity index (χ3v) is 4.47. The quantitative estimate of drug-likeness (QED) is 0.593.